The summed E-state index contributed by atoms with van der Waals surface area (Å²) in [5, 5.41) is 17.8. The van der Waals surface area contributed by atoms with E-state index in [9.17, 15) is 5.11 Å². The molecule has 2 N–H and O–H groups in total. The molecule has 23 heavy (non-hydrogen) atoms. The fourth-order valence-electron chi connectivity index (χ4n) is 1.84. The molecule has 1 aromatic rings. The number of aliphatic hydroxyl groups excluding tert-OH is 1. The first kappa shape index (κ1) is 21.0. The molecule has 1 aromatic carbocycles. The number of benzene rings is 1. The zero-order chi connectivity index (χ0) is 17.7. The van der Waals surface area contributed by atoms with E-state index in [2.05, 4.69) is 26.8 Å². The Kier molecular flexibility index (Phi) is 11.4. The molecular formula is C20H30O3. The molecule has 0 saturated heterocycles. The van der Waals surface area contributed by atoms with Crippen molar-refractivity contribution < 1.29 is 14.9 Å². The number of phenolic OH excluding ortho intramolecular Hbond substituents is 1. The summed E-state index contributed by atoms with van der Waals surface area (Å²) in [5.74, 6) is 0.677. The Morgan fingerprint density at radius 3 is 2.39 bits per heavy atom. The number of ether oxygens (including phenoxy) is 1. The van der Waals surface area contributed by atoms with Crippen LogP contribution < -0.4 is 4.74 Å². The predicted octanol–water partition coefficient (Wildman–Crippen LogP) is 5.11. The summed E-state index contributed by atoms with van der Waals surface area (Å²) < 4.78 is 4.95. The number of aromatic hydroxyl groups is 1. The van der Waals surface area contributed by atoms with E-state index in [1.807, 2.05) is 31.2 Å². The zero-order valence-corrected chi connectivity index (χ0v) is 15.0. The topological polar surface area (TPSA) is 49.7 Å². The number of rotatable bonds is 6. The molecule has 0 spiro atoms. The summed E-state index contributed by atoms with van der Waals surface area (Å²) in [4.78, 5) is 0. The molecular weight excluding hydrogens is 288 g/mol. The lowest BCUT2D eigenvalue weighted by molar-refractivity contribution is 0.341. The first-order valence-corrected chi connectivity index (χ1v) is 7.84. The van der Waals surface area contributed by atoms with Gasteiger partial charge in [0.05, 0.1) is 13.7 Å². The molecule has 0 unspecified atom stereocenters. The van der Waals surface area contributed by atoms with E-state index in [4.69, 9.17) is 9.84 Å². The molecule has 0 amide bonds. The number of hydrogen-bond donors (Lipinski definition) is 2. The molecule has 0 aliphatic heterocycles. The van der Waals surface area contributed by atoms with Crippen molar-refractivity contribution in [3.8, 4) is 11.5 Å². The van der Waals surface area contributed by atoms with Crippen molar-refractivity contribution >= 4 is 6.08 Å². The van der Waals surface area contributed by atoms with Gasteiger partial charge in [0.1, 0.15) is 0 Å². The predicted molar refractivity (Wildman–Crippen MR) is 98.9 cm³/mol. The van der Waals surface area contributed by atoms with Crippen molar-refractivity contribution in [2.45, 2.75) is 40.5 Å². The highest BCUT2D eigenvalue weighted by molar-refractivity contribution is 5.55. The molecule has 0 fully saturated rings. The Morgan fingerprint density at radius 1 is 1.17 bits per heavy atom. The highest BCUT2D eigenvalue weighted by atomic mass is 16.5. The molecule has 1 rings (SSSR count). The average molecular weight is 318 g/mol. The quantitative estimate of drug-likeness (QED) is 0.717. The Bertz CT molecular complexity index is 536. The lowest BCUT2D eigenvalue weighted by Gasteiger charge is -2.03. The third kappa shape index (κ3) is 10.4. The van der Waals surface area contributed by atoms with Gasteiger partial charge < -0.3 is 14.9 Å². The third-order valence-corrected chi connectivity index (χ3v) is 3.09. The number of hydrogen-bond acceptors (Lipinski definition) is 3. The maximum absolute atomic E-state index is 9.25. The van der Waals surface area contributed by atoms with Crippen molar-refractivity contribution in [3.05, 3.63) is 53.1 Å². The smallest absolute Gasteiger partial charge is 0.161 e. The van der Waals surface area contributed by atoms with Gasteiger partial charge in [-0.25, -0.2) is 0 Å². The van der Waals surface area contributed by atoms with E-state index in [0.717, 1.165) is 18.4 Å². The molecule has 3 heteroatoms. The fourth-order valence-corrected chi connectivity index (χ4v) is 1.84. The Labute approximate surface area is 140 Å². The van der Waals surface area contributed by atoms with Gasteiger partial charge in [0.25, 0.3) is 0 Å². The summed E-state index contributed by atoms with van der Waals surface area (Å²) in [5.41, 5.74) is 3.65. The van der Waals surface area contributed by atoms with Crippen molar-refractivity contribution in [3.63, 3.8) is 0 Å². The number of methoxy groups -OCH3 is 1. The van der Waals surface area contributed by atoms with Gasteiger partial charge in [-0.1, -0.05) is 41.5 Å². The maximum Gasteiger partial charge on any atom is 0.161 e. The largest absolute Gasteiger partial charge is 0.504 e. The second-order valence-electron chi connectivity index (χ2n) is 5.48. The first-order valence-electron chi connectivity index (χ1n) is 7.84. The summed E-state index contributed by atoms with van der Waals surface area (Å²) in [6.07, 6.45) is 10.1. The molecule has 3 nitrogen and oxygen atoms in total. The summed E-state index contributed by atoms with van der Waals surface area (Å²) in [6.45, 7) is 8.37. The minimum atomic E-state index is 0.167. The van der Waals surface area contributed by atoms with E-state index in [1.165, 1.54) is 18.3 Å². The lowest BCUT2D eigenvalue weighted by Crippen LogP contribution is -1.83. The van der Waals surface area contributed by atoms with Gasteiger partial charge in [-0.15, -0.1) is 0 Å². The molecule has 0 aliphatic rings. The average Bonchev–Trinajstić information content (AvgIpc) is 2.50. The summed E-state index contributed by atoms with van der Waals surface area (Å²) >= 11 is 0. The zero-order valence-electron chi connectivity index (χ0n) is 15.0. The molecule has 0 aliphatic carbocycles. The molecule has 0 radical (unpaired) electrons. The summed E-state index contributed by atoms with van der Waals surface area (Å²) in [6, 6.07) is 5.24. The van der Waals surface area contributed by atoms with Crippen molar-refractivity contribution in [2.24, 2.45) is 0 Å². The van der Waals surface area contributed by atoms with E-state index < -0.39 is 0 Å². The first-order chi connectivity index (χ1) is 10.9. The van der Waals surface area contributed by atoms with Crippen LogP contribution in [0.1, 0.15) is 46.1 Å². The van der Waals surface area contributed by atoms with Gasteiger partial charge in [-0.3, -0.25) is 0 Å². The van der Waals surface area contributed by atoms with Crippen LogP contribution in [0.3, 0.4) is 0 Å². The van der Waals surface area contributed by atoms with Gasteiger partial charge in [0, 0.05) is 0 Å². The van der Waals surface area contributed by atoms with Gasteiger partial charge >= 0.3 is 0 Å². The van der Waals surface area contributed by atoms with E-state index in [0.29, 0.717) is 5.75 Å². The van der Waals surface area contributed by atoms with Gasteiger partial charge in [0.2, 0.25) is 0 Å². The van der Waals surface area contributed by atoms with E-state index >= 15 is 0 Å². The Hall–Kier alpha value is -2.00. The third-order valence-electron chi connectivity index (χ3n) is 3.09. The van der Waals surface area contributed by atoms with Crippen LogP contribution in [0.4, 0.5) is 0 Å². The van der Waals surface area contributed by atoms with Gasteiger partial charge in [0.15, 0.2) is 11.5 Å². The highest BCUT2D eigenvalue weighted by Crippen LogP contribution is 2.26. The number of phenols is 1. The minimum Gasteiger partial charge on any atom is -0.504 e. The molecule has 128 valence electrons. The SMILES string of the molecule is CC(C)=CCCC(C)=CCO.CC=Cc1ccc(O)c(OC)c1. The standard InChI is InChI=1S/C10H12O2.C10H18O/c1-3-4-8-5-6-9(11)10(7-8)12-2;1-9(2)5-4-6-10(3)7-8-11/h3-7,11H,1-2H3;5,7,11H,4,6,8H2,1-3H3. The molecule has 0 bridgehead atoms. The monoisotopic (exact) mass is 318 g/mol. The minimum absolute atomic E-state index is 0.167. The Balaban J connectivity index is 0.000000423. The second-order valence-corrected chi connectivity index (χ2v) is 5.48. The summed E-state index contributed by atoms with van der Waals surface area (Å²) in [7, 11) is 1.54. The van der Waals surface area contributed by atoms with Crippen LogP contribution in [0.25, 0.3) is 6.08 Å². The van der Waals surface area contributed by atoms with E-state index in [-0.39, 0.29) is 12.4 Å². The number of aliphatic hydroxyl groups is 1. The van der Waals surface area contributed by atoms with Gasteiger partial charge in [-0.2, -0.15) is 0 Å². The van der Waals surface area contributed by atoms with Crippen LogP contribution in [0.15, 0.2) is 47.6 Å². The number of allylic oxidation sites excluding steroid dienone is 4. The molecule has 0 atom stereocenters. The van der Waals surface area contributed by atoms with Crippen LogP contribution in [0.2, 0.25) is 0 Å². The normalized spacial score (nSPS) is 11.0. The Morgan fingerprint density at radius 2 is 1.87 bits per heavy atom. The van der Waals surface area contributed by atoms with Crippen LogP contribution in [0, 0.1) is 0 Å². The highest BCUT2D eigenvalue weighted by Gasteiger charge is 1.99. The van der Waals surface area contributed by atoms with Crippen LogP contribution in [-0.4, -0.2) is 23.9 Å². The molecule has 0 heterocycles. The van der Waals surface area contributed by atoms with Crippen LogP contribution in [-0.2, 0) is 0 Å². The van der Waals surface area contributed by atoms with Crippen molar-refractivity contribution in [1.29, 1.82) is 0 Å². The fraction of sp³-hybridized carbons (Fsp3) is 0.400. The molecule has 0 saturated carbocycles. The van der Waals surface area contributed by atoms with Crippen molar-refractivity contribution in [1.82, 2.24) is 0 Å². The second kappa shape index (κ2) is 12.5. The van der Waals surface area contributed by atoms with Crippen LogP contribution >= 0.6 is 0 Å². The lowest BCUT2D eigenvalue weighted by atomic mass is 10.1. The van der Waals surface area contributed by atoms with Crippen molar-refractivity contribution in [2.75, 3.05) is 13.7 Å². The van der Waals surface area contributed by atoms with Crippen LogP contribution in [0.5, 0.6) is 11.5 Å². The molecule has 0 aromatic heterocycles. The van der Waals surface area contributed by atoms with E-state index in [1.54, 1.807) is 12.1 Å². The maximum atomic E-state index is 9.25. The van der Waals surface area contributed by atoms with Gasteiger partial charge in [-0.05, 0) is 58.2 Å².